The number of amides is 1. The summed E-state index contributed by atoms with van der Waals surface area (Å²) in [6.07, 6.45) is -1.66. The third-order valence-corrected chi connectivity index (χ3v) is 5.26. The molecule has 0 aliphatic carbocycles. The standard InChI is InChI=1S/C26H24N4O4/c31-24(26(33)34)17-30(16-18-11-13-20(14-12-18)19-7-3-1-4-8-19)29-25(32)23-15-22(27-28-23)21-9-5-2-6-10-21/h1-15,24,31H,16-17H2,(H,27,28)(H,29,32)(H,33,34)/t24-/m1/s1. The topological polar surface area (TPSA) is 119 Å². The summed E-state index contributed by atoms with van der Waals surface area (Å²) in [7, 11) is 0. The normalized spacial score (nSPS) is 11.8. The first-order valence-corrected chi connectivity index (χ1v) is 10.7. The zero-order valence-corrected chi connectivity index (χ0v) is 18.3. The maximum absolute atomic E-state index is 12.8. The summed E-state index contributed by atoms with van der Waals surface area (Å²) in [5, 5.41) is 27.3. The molecule has 4 aromatic rings. The van der Waals surface area contributed by atoms with E-state index >= 15 is 0 Å². The molecule has 0 aliphatic heterocycles. The Morgan fingerprint density at radius 1 is 0.882 bits per heavy atom. The fourth-order valence-electron chi connectivity index (χ4n) is 3.49. The molecule has 172 valence electrons. The molecule has 8 nitrogen and oxygen atoms in total. The van der Waals surface area contributed by atoms with Crippen LogP contribution in [0.5, 0.6) is 0 Å². The highest BCUT2D eigenvalue weighted by molar-refractivity contribution is 5.93. The molecule has 1 aromatic heterocycles. The molecule has 1 amide bonds. The molecule has 1 heterocycles. The van der Waals surface area contributed by atoms with Gasteiger partial charge in [-0.25, -0.2) is 9.80 Å². The van der Waals surface area contributed by atoms with Crippen molar-refractivity contribution in [3.63, 3.8) is 0 Å². The average Bonchev–Trinajstić information content (AvgIpc) is 3.36. The predicted molar refractivity (Wildman–Crippen MR) is 127 cm³/mol. The third kappa shape index (κ3) is 5.74. The molecular weight excluding hydrogens is 432 g/mol. The quantitative estimate of drug-likeness (QED) is 0.287. The molecule has 0 fully saturated rings. The number of hydrogen-bond acceptors (Lipinski definition) is 5. The van der Waals surface area contributed by atoms with Gasteiger partial charge in [-0.15, -0.1) is 0 Å². The van der Waals surface area contributed by atoms with Gasteiger partial charge in [0.25, 0.3) is 5.91 Å². The van der Waals surface area contributed by atoms with Gasteiger partial charge < -0.3 is 10.2 Å². The lowest BCUT2D eigenvalue weighted by atomic mass is 10.0. The van der Waals surface area contributed by atoms with E-state index in [1.54, 1.807) is 6.07 Å². The molecule has 4 N–H and O–H groups in total. The Kier molecular flexibility index (Phi) is 7.12. The number of carbonyl (C=O) groups is 2. The number of rotatable bonds is 9. The van der Waals surface area contributed by atoms with Crippen LogP contribution in [-0.2, 0) is 11.3 Å². The number of aliphatic carboxylic acids is 1. The minimum absolute atomic E-state index is 0.199. The molecule has 0 unspecified atom stereocenters. The van der Waals surface area contributed by atoms with Gasteiger partial charge in [0.15, 0.2) is 6.10 Å². The van der Waals surface area contributed by atoms with E-state index in [0.29, 0.717) is 5.69 Å². The van der Waals surface area contributed by atoms with Crippen molar-refractivity contribution >= 4 is 11.9 Å². The van der Waals surface area contributed by atoms with Gasteiger partial charge in [-0.05, 0) is 22.8 Å². The van der Waals surface area contributed by atoms with Gasteiger partial charge in [0.05, 0.1) is 12.2 Å². The largest absolute Gasteiger partial charge is 0.479 e. The molecule has 0 saturated carbocycles. The molecule has 4 rings (SSSR count). The number of carboxylic acid groups (broad SMARTS) is 1. The van der Waals surface area contributed by atoms with Crippen LogP contribution in [0.4, 0.5) is 0 Å². The van der Waals surface area contributed by atoms with Gasteiger partial charge >= 0.3 is 5.97 Å². The van der Waals surface area contributed by atoms with Crippen molar-refractivity contribution in [2.24, 2.45) is 0 Å². The highest BCUT2D eigenvalue weighted by Crippen LogP contribution is 2.20. The number of hydrogen-bond donors (Lipinski definition) is 4. The number of aromatic nitrogens is 2. The maximum Gasteiger partial charge on any atom is 0.333 e. The van der Waals surface area contributed by atoms with Crippen LogP contribution in [0.1, 0.15) is 16.1 Å². The number of aromatic amines is 1. The van der Waals surface area contributed by atoms with Crippen molar-refractivity contribution in [2.75, 3.05) is 6.54 Å². The third-order valence-electron chi connectivity index (χ3n) is 5.26. The minimum atomic E-state index is -1.66. The van der Waals surface area contributed by atoms with Crippen molar-refractivity contribution in [1.29, 1.82) is 0 Å². The number of hydrazine groups is 1. The predicted octanol–water partition coefficient (Wildman–Crippen LogP) is 3.34. The van der Waals surface area contributed by atoms with Crippen LogP contribution in [0, 0.1) is 0 Å². The van der Waals surface area contributed by atoms with Gasteiger partial charge in [0, 0.05) is 12.1 Å². The smallest absolute Gasteiger partial charge is 0.333 e. The number of aliphatic hydroxyl groups excluding tert-OH is 1. The van der Waals surface area contributed by atoms with E-state index in [0.717, 1.165) is 22.3 Å². The molecule has 3 aromatic carbocycles. The van der Waals surface area contributed by atoms with Gasteiger partial charge in [0.2, 0.25) is 0 Å². The Morgan fingerprint density at radius 3 is 2.09 bits per heavy atom. The second-order valence-corrected chi connectivity index (χ2v) is 7.77. The second-order valence-electron chi connectivity index (χ2n) is 7.77. The van der Waals surface area contributed by atoms with Gasteiger partial charge in [-0.1, -0.05) is 84.9 Å². The molecule has 0 saturated heterocycles. The van der Waals surface area contributed by atoms with Crippen LogP contribution in [0.15, 0.2) is 91.0 Å². The summed E-state index contributed by atoms with van der Waals surface area (Å²) in [5.74, 6) is -1.86. The molecule has 0 aliphatic rings. The number of aliphatic hydroxyl groups is 1. The second kappa shape index (κ2) is 10.6. The van der Waals surface area contributed by atoms with E-state index in [2.05, 4.69) is 15.6 Å². The number of carbonyl (C=O) groups excluding carboxylic acids is 1. The first kappa shape index (κ1) is 22.9. The molecule has 0 radical (unpaired) electrons. The van der Waals surface area contributed by atoms with E-state index in [9.17, 15) is 14.7 Å². The Bertz CT molecular complexity index is 1240. The van der Waals surface area contributed by atoms with Crippen molar-refractivity contribution in [2.45, 2.75) is 12.6 Å². The van der Waals surface area contributed by atoms with Crippen LogP contribution in [0.2, 0.25) is 0 Å². The number of nitrogens with zero attached hydrogens (tertiary/aromatic N) is 2. The van der Waals surface area contributed by atoms with Crippen molar-refractivity contribution in [1.82, 2.24) is 20.6 Å². The minimum Gasteiger partial charge on any atom is -0.479 e. The molecule has 8 heteroatoms. The first-order chi connectivity index (χ1) is 16.5. The molecule has 1 atom stereocenters. The molecule has 0 spiro atoms. The fourth-order valence-corrected chi connectivity index (χ4v) is 3.49. The Hall–Kier alpha value is -4.27. The number of benzene rings is 3. The fraction of sp³-hybridized carbons (Fsp3) is 0.115. The van der Waals surface area contributed by atoms with Crippen molar-refractivity contribution in [3.8, 4) is 22.4 Å². The summed E-state index contributed by atoms with van der Waals surface area (Å²) in [6.45, 7) is -0.0913. The Balaban J connectivity index is 1.48. The van der Waals surface area contributed by atoms with Gasteiger partial charge in [-0.2, -0.15) is 5.10 Å². The van der Waals surface area contributed by atoms with Crippen LogP contribution in [0.3, 0.4) is 0 Å². The number of carboxylic acids is 1. The average molecular weight is 457 g/mol. The summed E-state index contributed by atoms with van der Waals surface area (Å²) in [5.41, 5.74) is 7.32. The van der Waals surface area contributed by atoms with Crippen LogP contribution in [0.25, 0.3) is 22.4 Å². The van der Waals surface area contributed by atoms with Gasteiger partial charge in [-0.3, -0.25) is 15.3 Å². The molecule has 34 heavy (non-hydrogen) atoms. The lowest BCUT2D eigenvalue weighted by Gasteiger charge is -2.24. The summed E-state index contributed by atoms with van der Waals surface area (Å²) in [4.78, 5) is 24.0. The Morgan fingerprint density at radius 2 is 1.47 bits per heavy atom. The molecular formula is C26H24N4O4. The van der Waals surface area contributed by atoms with E-state index in [1.807, 2.05) is 84.9 Å². The van der Waals surface area contributed by atoms with Crippen LogP contribution in [-0.4, -0.2) is 49.9 Å². The zero-order chi connectivity index (χ0) is 23.9. The number of nitrogens with one attached hydrogen (secondary N) is 2. The van der Waals surface area contributed by atoms with E-state index in [1.165, 1.54) is 5.01 Å². The first-order valence-electron chi connectivity index (χ1n) is 10.7. The SMILES string of the molecule is O=C(NN(Cc1ccc(-c2ccccc2)cc1)C[C@@H](O)C(=O)O)c1cc(-c2ccccc2)n[nH]1. The number of H-pyrrole nitrogens is 1. The summed E-state index contributed by atoms with van der Waals surface area (Å²) in [6, 6.07) is 28.6. The van der Waals surface area contributed by atoms with Gasteiger partial charge in [0.1, 0.15) is 5.69 Å². The summed E-state index contributed by atoms with van der Waals surface area (Å²) >= 11 is 0. The van der Waals surface area contributed by atoms with E-state index in [4.69, 9.17) is 5.11 Å². The lowest BCUT2D eigenvalue weighted by Crippen LogP contribution is -2.47. The Labute approximate surface area is 196 Å². The maximum atomic E-state index is 12.8. The highest BCUT2D eigenvalue weighted by atomic mass is 16.4. The van der Waals surface area contributed by atoms with E-state index < -0.39 is 18.0 Å². The highest BCUT2D eigenvalue weighted by Gasteiger charge is 2.21. The van der Waals surface area contributed by atoms with Crippen molar-refractivity contribution < 1.29 is 19.8 Å². The van der Waals surface area contributed by atoms with Crippen molar-refractivity contribution in [3.05, 3.63) is 102 Å². The lowest BCUT2D eigenvalue weighted by molar-refractivity contribution is -0.148. The van der Waals surface area contributed by atoms with E-state index in [-0.39, 0.29) is 18.8 Å². The van der Waals surface area contributed by atoms with Crippen LogP contribution >= 0.6 is 0 Å². The zero-order valence-electron chi connectivity index (χ0n) is 18.3. The molecule has 0 bridgehead atoms. The summed E-state index contributed by atoms with van der Waals surface area (Å²) < 4.78 is 0. The van der Waals surface area contributed by atoms with Crippen LogP contribution < -0.4 is 5.43 Å². The monoisotopic (exact) mass is 456 g/mol.